The van der Waals surface area contributed by atoms with Gasteiger partial charge in [-0.2, -0.15) is 13.2 Å². The van der Waals surface area contributed by atoms with Gasteiger partial charge in [-0.05, 0) is 68.1 Å². The lowest BCUT2D eigenvalue weighted by molar-refractivity contribution is -0.139. The molecule has 0 radical (unpaired) electrons. The Morgan fingerprint density at radius 1 is 1.22 bits per heavy atom. The number of carboxylic acid groups (broad SMARTS) is 1. The van der Waals surface area contributed by atoms with Crippen LogP contribution in [0.1, 0.15) is 55.0 Å². The molecule has 3 aromatic rings. The maximum Gasteiger partial charge on any atom is 0.419 e. The predicted molar refractivity (Wildman–Crippen MR) is 113 cm³/mol. The van der Waals surface area contributed by atoms with Crippen molar-refractivity contribution >= 4 is 16.9 Å². The van der Waals surface area contributed by atoms with E-state index >= 15 is 0 Å². The molecule has 1 atom stereocenters. The Bertz CT molecular complexity index is 1150. The molecule has 8 heteroatoms. The van der Waals surface area contributed by atoms with E-state index in [2.05, 4.69) is 4.98 Å². The number of aryl methyl sites for hydroxylation is 1. The number of ether oxygens (including phenoxy) is 2. The molecule has 4 rings (SSSR count). The molecule has 0 saturated heterocycles. The van der Waals surface area contributed by atoms with E-state index in [1.54, 1.807) is 26.0 Å². The molecule has 170 valence electrons. The first-order valence-electron chi connectivity index (χ1n) is 10.5. The number of hydrogen-bond acceptors (Lipinski definition) is 3. The van der Waals surface area contributed by atoms with Gasteiger partial charge in [0, 0.05) is 22.5 Å². The third-order valence-electron chi connectivity index (χ3n) is 5.60. The number of rotatable bonds is 7. The van der Waals surface area contributed by atoms with E-state index in [-0.39, 0.29) is 30.8 Å². The van der Waals surface area contributed by atoms with Crippen LogP contribution >= 0.6 is 0 Å². The van der Waals surface area contributed by atoms with Gasteiger partial charge in [-0.15, -0.1) is 0 Å². The van der Waals surface area contributed by atoms with Crippen molar-refractivity contribution < 1.29 is 32.5 Å². The van der Waals surface area contributed by atoms with Crippen molar-refractivity contribution in [2.45, 2.75) is 57.9 Å². The Morgan fingerprint density at radius 3 is 2.69 bits per heavy atom. The van der Waals surface area contributed by atoms with E-state index in [1.165, 1.54) is 6.07 Å². The second kappa shape index (κ2) is 8.41. The quantitative estimate of drug-likeness (QED) is 0.462. The van der Waals surface area contributed by atoms with Crippen molar-refractivity contribution in [2.24, 2.45) is 0 Å². The summed E-state index contributed by atoms with van der Waals surface area (Å²) in [5, 5.41) is 10.1. The molecular formula is C24H24F3NO4. The van der Waals surface area contributed by atoms with E-state index in [9.17, 15) is 18.0 Å². The summed E-state index contributed by atoms with van der Waals surface area (Å²) in [5.41, 5.74) is 2.50. The molecule has 0 bridgehead atoms. The number of fused-ring (bicyclic) bond motifs is 3. The van der Waals surface area contributed by atoms with Gasteiger partial charge in [0.25, 0.3) is 0 Å². The van der Waals surface area contributed by atoms with Crippen LogP contribution in [0.2, 0.25) is 0 Å². The van der Waals surface area contributed by atoms with Crippen LogP contribution in [0, 0.1) is 0 Å². The molecule has 2 N–H and O–H groups in total. The average Bonchev–Trinajstić information content (AvgIpc) is 3.25. The van der Waals surface area contributed by atoms with Gasteiger partial charge >= 0.3 is 12.1 Å². The number of H-pyrrole nitrogens is 1. The van der Waals surface area contributed by atoms with Crippen LogP contribution in [0.5, 0.6) is 11.5 Å². The maximum absolute atomic E-state index is 13.5. The number of carboxylic acids is 1. The van der Waals surface area contributed by atoms with Crippen molar-refractivity contribution in [2.75, 3.05) is 0 Å². The van der Waals surface area contributed by atoms with Gasteiger partial charge in [-0.1, -0.05) is 6.07 Å². The second-order valence-corrected chi connectivity index (χ2v) is 8.34. The SMILES string of the molecule is CC(C)Oc1ccc(COc2ccc3[nH]c4c(c3c2)CCC4CC(=O)O)cc1C(F)(F)F. The standard InChI is InChI=1S/C24H24F3NO4/c1-13(2)32-21-8-3-14(9-19(21)24(25,26)27)12-31-16-5-7-20-18(11-16)17-6-4-15(10-22(29)30)23(17)28-20/h3,5,7-9,11,13,15,28H,4,6,10,12H2,1-2H3,(H,29,30). The van der Waals surface area contributed by atoms with Crippen LogP contribution in [0.4, 0.5) is 13.2 Å². The number of halogens is 3. The van der Waals surface area contributed by atoms with E-state index in [1.807, 2.05) is 12.1 Å². The summed E-state index contributed by atoms with van der Waals surface area (Å²) in [6.45, 7) is 3.33. The summed E-state index contributed by atoms with van der Waals surface area (Å²) in [5.74, 6) is -0.520. The average molecular weight is 447 g/mol. The Kier molecular flexibility index (Phi) is 5.79. The molecule has 0 fully saturated rings. The van der Waals surface area contributed by atoms with E-state index < -0.39 is 17.7 Å². The Morgan fingerprint density at radius 2 is 2.00 bits per heavy atom. The number of nitrogens with one attached hydrogen (secondary N) is 1. The zero-order valence-corrected chi connectivity index (χ0v) is 17.8. The number of aromatic amines is 1. The lowest BCUT2D eigenvalue weighted by Crippen LogP contribution is -2.13. The van der Waals surface area contributed by atoms with Gasteiger partial charge in [-0.3, -0.25) is 4.79 Å². The van der Waals surface area contributed by atoms with Crippen LogP contribution in [0.25, 0.3) is 10.9 Å². The molecule has 1 aromatic heterocycles. The summed E-state index contributed by atoms with van der Waals surface area (Å²) in [6.07, 6.45) is -3.26. The molecule has 2 aromatic carbocycles. The number of alkyl halides is 3. The molecule has 1 unspecified atom stereocenters. The first kappa shape index (κ1) is 22.0. The van der Waals surface area contributed by atoms with Crippen molar-refractivity contribution in [3.63, 3.8) is 0 Å². The smallest absolute Gasteiger partial charge is 0.419 e. The Labute approximate surface area is 183 Å². The summed E-state index contributed by atoms with van der Waals surface area (Å²) >= 11 is 0. The molecule has 0 spiro atoms. The number of aromatic nitrogens is 1. The van der Waals surface area contributed by atoms with Crippen LogP contribution in [0.3, 0.4) is 0 Å². The molecule has 32 heavy (non-hydrogen) atoms. The monoisotopic (exact) mass is 447 g/mol. The highest BCUT2D eigenvalue weighted by Crippen LogP contribution is 2.41. The Hall–Kier alpha value is -3.16. The zero-order valence-electron chi connectivity index (χ0n) is 17.8. The lowest BCUT2D eigenvalue weighted by atomic mass is 10.0. The summed E-state index contributed by atoms with van der Waals surface area (Å²) in [4.78, 5) is 14.4. The number of aliphatic carboxylic acids is 1. The number of hydrogen-bond donors (Lipinski definition) is 2. The van der Waals surface area contributed by atoms with Gasteiger partial charge in [0.1, 0.15) is 18.1 Å². The second-order valence-electron chi connectivity index (χ2n) is 8.34. The lowest BCUT2D eigenvalue weighted by Gasteiger charge is -2.17. The van der Waals surface area contributed by atoms with Crippen molar-refractivity contribution in [1.82, 2.24) is 4.98 Å². The third kappa shape index (κ3) is 4.54. The minimum absolute atomic E-state index is 0.0230. The summed E-state index contributed by atoms with van der Waals surface area (Å²) in [6, 6.07) is 9.40. The van der Waals surface area contributed by atoms with E-state index in [4.69, 9.17) is 14.6 Å². The molecule has 5 nitrogen and oxygen atoms in total. The summed E-state index contributed by atoms with van der Waals surface area (Å²) in [7, 11) is 0. The van der Waals surface area contributed by atoms with Gasteiger partial charge in [0.2, 0.25) is 0 Å². The van der Waals surface area contributed by atoms with Gasteiger partial charge < -0.3 is 19.6 Å². The van der Waals surface area contributed by atoms with Crippen LogP contribution in [-0.2, 0) is 24.0 Å². The minimum atomic E-state index is -4.53. The van der Waals surface area contributed by atoms with Gasteiger partial charge in [-0.25, -0.2) is 0 Å². The largest absolute Gasteiger partial charge is 0.490 e. The van der Waals surface area contributed by atoms with Crippen LogP contribution in [0.15, 0.2) is 36.4 Å². The molecule has 0 saturated carbocycles. The molecule has 1 heterocycles. The maximum atomic E-state index is 13.5. The topological polar surface area (TPSA) is 71.5 Å². The van der Waals surface area contributed by atoms with E-state index in [0.717, 1.165) is 41.1 Å². The van der Waals surface area contributed by atoms with E-state index in [0.29, 0.717) is 11.3 Å². The normalized spacial score (nSPS) is 15.9. The van der Waals surface area contributed by atoms with Crippen molar-refractivity contribution in [1.29, 1.82) is 0 Å². The molecule has 1 aliphatic rings. The highest BCUT2D eigenvalue weighted by molar-refractivity contribution is 5.87. The summed E-state index contributed by atoms with van der Waals surface area (Å²) < 4.78 is 51.5. The number of benzene rings is 2. The minimum Gasteiger partial charge on any atom is -0.490 e. The van der Waals surface area contributed by atoms with Crippen LogP contribution < -0.4 is 9.47 Å². The highest BCUT2D eigenvalue weighted by Gasteiger charge is 2.35. The first-order chi connectivity index (χ1) is 15.1. The van der Waals surface area contributed by atoms with Gasteiger partial charge in [0.05, 0.1) is 18.1 Å². The number of carbonyl (C=O) groups is 1. The predicted octanol–water partition coefficient (Wildman–Crippen LogP) is 6.06. The molecule has 0 aliphatic heterocycles. The third-order valence-corrected chi connectivity index (χ3v) is 5.60. The Balaban J connectivity index is 1.54. The fourth-order valence-electron chi connectivity index (χ4n) is 4.24. The molecule has 1 aliphatic carbocycles. The van der Waals surface area contributed by atoms with Crippen molar-refractivity contribution in [3.8, 4) is 11.5 Å². The van der Waals surface area contributed by atoms with Gasteiger partial charge in [0.15, 0.2) is 0 Å². The fraction of sp³-hybridized carbons (Fsp3) is 0.375. The highest BCUT2D eigenvalue weighted by atomic mass is 19.4. The van der Waals surface area contributed by atoms with Crippen LogP contribution in [-0.4, -0.2) is 22.2 Å². The van der Waals surface area contributed by atoms with Crippen molar-refractivity contribution in [3.05, 3.63) is 58.8 Å². The molecular weight excluding hydrogens is 423 g/mol. The first-order valence-corrected chi connectivity index (χ1v) is 10.5. The molecule has 0 amide bonds. The zero-order chi connectivity index (χ0) is 23.0. The fourth-order valence-corrected chi connectivity index (χ4v) is 4.24.